The second kappa shape index (κ2) is 11.5. The number of carbonyl (C=O) groups excluding carboxylic acids is 1. The first-order valence-corrected chi connectivity index (χ1v) is 10.9. The van der Waals surface area contributed by atoms with Crippen LogP contribution < -0.4 is 0 Å². The third-order valence-corrected chi connectivity index (χ3v) is 6.05. The van der Waals surface area contributed by atoms with Gasteiger partial charge in [0.05, 0.1) is 0 Å². The number of hydrogen-bond donors (Lipinski definition) is 0. The smallest absolute Gasteiger partial charge is 0.164 e. The molecule has 0 aliphatic heterocycles. The Hall–Kier alpha value is -1.15. The molecule has 26 heavy (non-hydrogen) atoms. The first-order valence-electron chi connectivity index (χ1n) is 10.9. The van der Waals surface area contributed by atoms with Crippen LogP contribution in [0.4, 0.5) is 0 Å². The maximum absolute atomic E-state index is 12.2. The zero-order valence-electron chi connectivity index (χ0n) is 17.3. The zero-order valence-corrected chi connectivity index (χ0v) is 17.3. The molecular weight excluding hydrogens is 318 g/mol. The van der Waals surface area contributed by atoms with Crippen LogP contribution in [0.25, 0.3) is 0 Å². The van der Waals surface area contributed by atoms with Crippen molar-refractivity contribution in [1.82, 2.24) is 4.90 Å². The van der Waals surface area contributed by atoms with Crippen LogP contribution in [0.15, 0.2) is 24.3 Å². The largest absolute Gasteiger partial charge is 0.309 e. The standard InChI is InChI=1S/C24H39NO/c1-4-5-6-7-8-9-20-10-12-21(13-11-20)22-14-16-23(17-15-22)24(26)18-19-25(2)3/h14-17,20-21H,4-13,18-19H2,1-3H3. The van der Waals surface area contributed by atoms with Gasteiger partial charge in [0.15, 0.2) is 5.78 Å². The SMILES string of the molecule is CCCCCCCC1CCC(c2ccc(C(=O)CCN(C)C)cc2)CC1. The molecule has 0 amide bonds. The average Bonchev–Trinajstić information content (AvgIpc) is 2.66. The monoisotopic (exact) mass is 357 g/mol. The average molecular weight is 358 g/mol. The lowest BCUT2D eigenvalue weighted by Gasteiger charge is -2.29. The molecule has 0 radical (unpaired) electrons. The van der Waals surface area contributed by atoms with Gasteiger partial charge >= 0.3 is 0 Å². The third kappa shape index (κ3) is 7.23. The molecule has 1 aliphatic rings. The van der Waals surface area contributed by atoms with E-state index < -0.39 is 0 Å². The normalized spacial score (nSPS) is 20.5. The second-order valence-electron chi connectivity index (χ2n) is 8.52. The molecule has 0 aromatic heterocycles. The summed E-state index contributed by atoms with van der Waals surface area (Å²) in [6.45, 7) is 3.11. The van der Waals surface area contributed by atoms with Gasteiger partial charge in [0.2, 0.25) is 0 Å². The molecule has 0 spiro atoms. The number of Topliss-reactive ketones (excluding diaryl/α,β-unsaturated/α-hetero) is 1. The molecule has 1 aromatic rings. The molecule has 2 nitrogen and oxygen atoms in total. The highest BCUT2D eigenvalue weighted by Crippen LogP contribution is 2.37. The van der Waals surface area contributed by atoms with Crippen LogP contribution in [0.5, 0.6) is 0 Å². The number of unbranched alkanes of at least 4 members (excludes halogenated alkanes) is 4. The Morgan fingerprint density at radius 2 is 1.62 bits per heavy atom. The van der Waals surface area contributed by atoms with Gasteiger partial charge in [-0.25, -0.2) is 0 Å². The Labute approximate surface area is 161 Å². The fourth-order valence-electron chi connectivity index (χ4n) is 4.23. The quantitative estimate of drug-likeness (QED) is 0.335. The fourth-order valence-corrected chi connectivity index (χ4v) is 4.23. The molecule has 1 saturated carbocycles. The van der Waals surface area contributed by atoms with Crippen molar-refractivity contribution in [3.63, 3.8) is 0 Å². The molecule has 0 bridgehead atoms. The Bertz CT molecular complexity index is 512. The molecular formula is C24H39NO. The highest BCUT2D eigenvalue weighted by atomic mass is 16.1. The highest BCUT2D eigenvalue weighted by Gasteiger charge is 2.22. The number of benzene rings is 1. The summed E-state index contributed by atoms with van der Waals surface area (Å²) >= 11 is 0. The molecule has 2 heteroatoms. The van der Waals surface area contributed by atoms with Crippen LogP contribution in [0, 0.1) is 5.92 Å². The Morgan fingerprint density at radius 3 is 2.23 bits per heavy atom. The Morgan fingerprint density at radius 1 is 0.962 bits per heavy atom. The topological polar surface area (TPSA) is 20.3 Å². The van der Waals surface area contributed by atoms with Crippen molar-refractivity contribution in [3.8, 4) is 0 Å². The molecule has 2 rings (SSSR count). The van der Waals surface area contributed by atoms with Crippen LogP contribution in [0.1, 0.15) is 99.4 Å². The van der Waals surface area contributed by atoms with E-state index in [0.717, 1.165) is 18.0 Å². The predicted molar refractivity (Wildman–Crippen MR) is 112 cm³/mol. The van der Waals surface area contributed by atoms with E-state index in [1.165, 1.54) is 69.8 Å². The number of hydrogen-bond acceptors (Lipinski definition) is 2. The highest BCUT2D eigenvalue weighted by molar-refractivity contribution is 5.96. The van der Waals surface area contributed by atoms with Gasteiger partial charge < -0.3 is 4.90 Å². The number of nitrogens with zero attached hydrogens (tertiary/aromatic N) is 1. The van der Waals surface area contributed by atoms with Crippen molar-refractivity contribution >= 4 is 5.78 Å². The van der Waals surface area contributed by atoms with Gasteiger partial charge in [-0.15, -0.1) is 0 Å². The minimum atomic E-state index is 0.261. The second-order valence-corrected chi connectivity index (χ2v) is 8.52. The van der Waals surface area contributed by atoms with E-state index in [1.807, 2.05) is 26.2 Å². The fraction of sp³-hybridized carbons (Fsp3) is 0.708. The number of rotatable bonds is 11. The van der Waals surface area contributed by atoms with Gasteiger partial charge in [-0.05, 0) is 57.2 Å². The predicted octanol–water partition coefficient (Wildman–Crippen LogP) is 6.46. The van der Waals surface area contributed by atoms with Crippen LogP contribution in [0.2, 0.25) is 0 Å². The van der Waals surface area contributed by atoms with E-state index in [0.29, 0.717) is 12.3 Å². The number of carbonyl (C=O) groups is 1. The van der Waals surface area contributed by atoms with E-state index in [9.17, 15) is 4.79 Å². The molecule has 0 saturated heterocycles. The summed E-state index contributed by atoms with van der Waals surface area (Å²) in [5.74, 6) is 1.93. The van der Waals surface area contributed by atoms with Crippen LogP contribution >= 0.6 is 0 Å². The third-order valence-electron chi connectivity index (χ3n) is 6.05. The Kier molecular flexibility index (Phi) is 9.39. The summed E-state index contributed by atoms with van der Waals surface area (Å²) in [6.07, 6.45) is 14.5. The molecule has 0 heterocycles. The van der Waals surface area contributed by atoms with E-state index in [1.54, 1.807) is 0 Å². The summed E-state index contributed by atoms with van der Waals surface area (Å²) in [7, 11) is 4.02. The van der Waals surface area contributed by atoms with Gasteiger partial charge in [-0.1, -0.05) is 69.7 Å². The summed E-state index contributed by atoms with van der Waals surface area (Å²) in [5, 5.41) is 0. The van der Waals surface area contributed by atoms with Gasteiger partial charge in [0.25, 0.3) is 0 Å². The van der Waals surface area contributed by atoms with Crippen molar-refractivity contribution in [2.45, 2.75) is 83.5 Å². The summed E-state index contributed by atoms with van der Waals surface area (Å²) < 4.78 is 0. The zero-order chi connectivity index (χ0) is 18.8. The lowest BCUT2D eigenvalue weighted by Crippen LogP contribution is -2.17. The summed E-state index contributed by atoms with van der Waals surface area (Å²) in [5.41, 5.74) is 2.31. The lowest BCUT2D eigenvalue weighted by molar-refractivity contribution is 0.0972. The van der Waals surface area contributed by atoms with Crippen LogP contribution in [-0.2, 0) is 0 Å². The summed E-state index contributed by atoms with van der Waals surface area (Å²) in [4.78, 5) is 14.3. The molecule has 1 aliphatic carbocycles. The molecule has 146 valence electrons. The maximum Gasteiger partial charge on any atom is 0.164 e. The number of ketones is 1. The van der Waals surface area contributed by atoms with Crippen molar-refractivity contribution in [1.29, 1.82) is 0 Å². The lowest BCUT2D eigenvalue weighted by atomic mass is 9.77. The minimum Gasteiger partial charge on any atom is -0.309 e. The molecule has 1 aromatic carbocycles. The van der Waals surface area contributed by atoms with Gasteiger partial charge in [0.1, 0.15) is 0 Å². The van der Waals surface area contributed by atoms with Gasteiger partial charge in [-0.3, -0.25) is 4.79 Å². The van der Waals surface area contributed by atoms with E-state index >= 15 is 0 Å². The van der Waals surface area contributed by atoms with Crippen molar-refractivity contribution in [2.75, 3.05) is 20.6 Å². The summed E-state index contributed by atoms with van der Waals surface area (Å²) in [6, 6.07) is 8.51. The first-order chi connectivity index (χ1) is 12.6. The van der Waals surface area contributed by atoms with E-state index in [-0.39, 0.29) is 5.78 Å². The van der Waals surface area contributed by atoms with Crippen LogP contribution in [-0.4, -0.2) is 31.3 Å². The molecule has 1 fully saturated rings. The van der Waals surface area contributed by atoms with Crippen molar-refractivity contribution in [2.24, 2.45) is 5.92 Å². The van der Waals surface area contributed by atoms with E-state index in [4.69, 9.17) is 0 Å². The molecule has 0 N–H and O–H groups in total. The van der Waals surface area contributed by atoms with Gasteiger partial charge in [-0.2, -0.15) is 0 Å². The maximum atomic E-state index is 12.2. The Balaban J connectivity index is 1.72. The van der Waals surface area contributed by atoms with Crippen LogP contribution in [0.3, 0.4) is 0 Å². The minimum absolute atomic E-state index is 0.261. The van der Waals surface area contributed by atoms with Crippen molar-refractivity contribution < 1.29 is 4.79 Å². The first kappa shape index (κ1) is 21.2. The van der Waals surface area contributed by atoms with E-state index in [2.05, 4.69) is 24.0 Å². The molecule has 0 atom stereocenters. The van der Waals surface area contributed by atoms with Gasteiger partial charge in [0, 0.05) is 18.5 Å². The molecule has 0 unspecified atom stereocenters. The van der Waals surface area contributed by atoms with Crippen molar-refractivity contribution in [3.05, 3.63) is 35.4 Å².